The topological polar surface area (TPSA) is 48.4 Å². The average molecular weight is 226 g/mol. The molecule has 3 nitrogen and oxygen atoms in total. The van der Waals surface area contributed by atoms with Gasteiger partial charge in [-0.3, -0.25) is 0 Å². The fourth-order valence-electron chi connectivity index (χ4n) is 1.61. The summed E-state index contributed by atoms with van der Waals surface area (Å²) in [5, 5.41) is 1.26. The molecule has 80 valence electrons. The van der Waals surface area contributed by atoms with Gasteiger partial charge in [-0.15, -0.1) is 0 Å². The zero-order chi connectivity index (χ0) is 10.8. The highest BCUT2D eigenvalue weighted by Crippen LogP contribution is 2.32. The maximum absolute atomic E-state index is 5.79. The van der Waals surface area contributed by atoms with Crippen molar-refractivity contribution in [1.29, 1.82) is 0 Å². The third kappa shape index (κ3) is 1.94. The minimum absolute atomic E-state index is 0.369. The number of methoxy groups -OCH3 is 1. The molecule has 0 atom stereocenters. The minimum atomic E-state index is 0.369. The van der Waals surface area contributed by atoms with Crippen LogP contribution >= 0.6 is 11.6 Å². The van der Waals surface area contributed by atoms with Crippen molar-refractivity contribution >= 4 is 22.6 Å². The summed E-state index contributed by atoms with van der Waals surface area (Å²) in [4.78, 5) is 0. The lowest BCUT2D eigenvalue weighted by atomic mass is 10.1. The Morgan fingerprint density at radius 3 is 2.87 bits per heavy atom. The molecule has 0 unspecified atom stereocenters. The normalized spacial score (nSPS) is 10.9. The molecule has 4 heteroatoms. The molecule has 0 aliphatic heterocycles. The van der Waals surface area contributed by atoms with Crippen LogP contribution in [0.5, 0.6) is 5.75 Å². The first-order valence-electron chi connectivity index (χ1n) is 4.70. The molecule has 2 aromatic rings. The van der Waals surface area contributed by atoms with Gasteiger partial charge < -0.3 is 14.9 Å². The van der Waals surface area contributed by atoms with E-state index in [1.54, 1.807) is 13.2 Å². The molecule has 1 aromatic carbocycles. The van der Waals surface area contributed by atoms with E-state index < -0.39 is 0 Å². The van der Waals surface area contributed by atoms with Gasteiger partial charge in [-0.2, -0.15) is 0 Å². The van der Waals surface area contributed by atoms with Crippen molar-refractivity contribution in [3.8, 4) is 5.75 Å². The Bertz CT molecular complexity index is 479. The number of benzene rings is 1. The number of ether oxygens (including phenoxy) is 1. The molecule has 0 spiro atoms. The van der Waals surface area contributed by atoms with Crippen molar-refractivity contribution in [2.24, 2.45) is 5.73 Å². The maximum Gasteiger partial charge on any atom is 0.194 e. The Balaban J connectivity index is 2.59. The Morgan fingerprint density at radius 2 is 2.20 bits per heavy atom. The van der Waals surface area contributed by atoms with Gasteiger partial charge in [-0.05, 0) is 42.3 Å². The molecule has 2 N–H and O–H groups in total. The van der Waals surface area contributed by atoms with Crippen LogP contribution in [0.25, 0.3) is 11.0 Å². The lowest BCUT2D eigenvalue weighted by Crippen LogP contribution is -2.02. The van der Waals surface area contributed by atoms with Crippen LogP contribution < -0.4 is 10.5 Å². The summed E-state index contributed by atoms with van der Waals surface area (Å²) >= 11 is 5.79. The van der Waals surface area contributed by atoms with Gasteiger partial charge in [0.25, 0.3) is 0 Å². The summed E-state index contributed by atoms with van der Waals surface area (Å²) in [6.07, 6.45) is 0.796. The summed E-state index contributed by atoms with van der Waals surface area (Å²) in [7, 11) is 1.63. The second kappa shape index (κ2) is 4.13. The molecule has 0 saturated carbocycles. The second-order valence-electron chi connectivity index (χ2n) is 3.30. The van der Waals surface area contributed by atoms with Gasteiger partial charge in [-0.25, -0.2) is 0 Å². The quantitative estimate of drug-likeness (QED) is 0.874. The predicted octanol–water partition coefficient (Wildman–Crippen LogP) is 2.60. The van der Waals surface area contributed by atoms with Crippen LogP contribution in [0.1, 0.15) is 5.56 Å². The Labute approximate surface area is 92.8 Å². The highest BCUT2D eigenvalue weighted by Gasteiger charge is 2.09. The van der Waals surface area contributed by atoms with Gasteiger partial charge in [0.2, 0.25) is 0 Å². The zero-order valence-corrected chi connectivity index (χ0v) is 9.17. The monoisotopic (exact) mass is 225 g/mol. The Morgan fingerprint density at radius 1 is 1.40 bits per heavy atom. The van der Waals surface area contributed by atoms with Crippen molar-refractivity contribution in [2.75, 3.05) is 13.7 Å². The third-order valence-corrected chi connectivity index (χ3v) is 2.47. The van der Waals surface area contributed by atoms with E-state index in [0.29, 0.717) is 11.8 Å². The van der Waals surface area contributed by atoms with Gasteiger partial charge in [0.15, 0.2) is 5.22 Å². The maximum atomic E-state index is 5.79. The molecule has 2 rings (SSSR count). The first kappa shape index (κ1) is 10.3. The van der Waals surface area contributed by atoms with Gasteiger partial charge >= 0.3 is 0 Å². The molecule has 0 aliphatic rings. The second-order valence-corrected chi connectivity index (χ2v) is 3.67. The van der Waals surface area contributed by atoms with Gasteiger partial charge in [0, 0.05) is 6.07 Å². The van der Waals surface area contributed by atoms with Crippen molar-refractivity contribution in [3.05, 3.63) is 29.0 Å². The highest BCUT2D eigenvalue weighted by atomic mass is 35.5. The number of hydrogen-bond donors (Lipinski definition) is 1. The van der Waals surface area contributed by atoms with Gasteiger partial charge in [-0.1, -0.05) is 0 Å². The number of furan rings is 1. The van der Waals surface area contributed by atoms with Crippen LogP contribution in [0.2, 0.25) is 5.22 Å². The smallest absolute Gasteiger partial charge is 0.194 e. The Kier molecular flexibility index (Phi) is 2.84. The van der Waals surface area contributed by atoms with Crippen molar-refractivity contribution in [1.82, 2.24) is 0 Å². The summed E-state index contributed by atoms with van der Waals surface area (Å²) in [5.74, 6) is 0.770. The van der Waals surface area contributed by atoms with Crippen LogP contribution in [0, 0.1) is 0 Å². The zero-order valence-electron chi connectivity index (χ0n) is 8.42. The summed E-state index contributed by atoms with van der Waals surface area (Å²) in [6.45, 7) is 0.600. The first-order chi connectivity index (χ1) is 7.24. The molecule has 0 bridgehead atoms. The molecule has 15 heavy (non-hydrogen) atoms. The van der Waals surface area contributed by atoms with Crippen LogP contribution in [-0.2, 0) is 6.42 Å². The van der Waals surface area contributed by atoms with E-state index in [9.17, 15) is 0 Å². The number of halogens is 1. The van der Waals surface area contributed by atoms with E-state index in [1.807, 2.05) is 12.1 Å². The van der Waals surface area contributed by atoms with E-state index in [2.05, 4.69) is 0 Å². The summed E-state index contributed by atoms with van der Waals surface area (Å²) in [5.41, 5.74) is 7.33. The predicted molar refractivity (Wildman–Crippen MR) is 60.5 cm³/mol. The number of hydrogen-bond acceptors (Lipinski definition) is 3. The van der Waals surface area contributed by atoms with Crippen LogP contribution in [0.4, 0.5) is 0 Å². The van der Waals surface area contributed by atoms with E-state index in [4.69, 9.17) is 26.5 Å². The lowest BCUT2D eigenvalue weighted by Gasteiger charge is -2.04. The summed E-state index contributed by atoms with van der Waals surface area (Å²) in [6, 6.07) is 5.65. The minimum Gasteiger partial charge on any atom is -0.496 e. The fraction of sp³-hybridized carbons (Fsp3) is 0.273. The third-order valence-electron chi connectivity index (χ3n) is 2.28. The molecular formula is C11H12ClNO2. The van der Waals surface area contributed by atoms with Crippen LogP contribution in [-0.4, -0.2) is 13.7 Å². The lowest BCUT2D eigenvalue weighted by molar-refractivity contribution is 0.419. The molecule has 0 saturated heterocycles. The van der Waals surface area contributed by atoms with Crippen LogP contribution in [0.3, 0.4) is 0 Å². The molecule has 1 heterocycles. The van der Waals surface area contributed by atoms with E-state index >= 15 is 0 Å². The van der Waals surface area contributed by atoms with Gasteiger partial charge in [0.1, 0.15) is 11.3 Å². The fourth-order valence-corrected chi connectivity index (χ4v) is 1.80. The highest BCUT2D eigenvalue weighted by molar-refractivity contribution is 6.29. The molecule has 0 radical (unpaired) electrons. The Hall–Kier alpha value is -1.19. The number of nitrogens with two attached hydrogens (primary N) is 1. The van der Waals surface area contributed by atoms with Crippen molar-refractivity contribution in [2.45, 2.75) is 6.42 Å². The van der Waals surface area contributed by atoms with E-state index in [1.165, 1.54) is 0 Å². The van der Waals surface area contributed by atoms with Crippen molar-refractivity contribution in [3.63, 3.8) is 0 Å². The summed E-state index contributed by atoms with van der Waals surface area (Å²) < 4.78 is 10.6. The van der Waals surface area contributed by atoms with Gasteiger partial charge in [0.05, 0.1) is 12.5 Å². The van der Waals surface area contributed by atoms with Crippen molar-refractivity contribution < 1.29 is 9.15 Å². The molecule has 1 aromatic heterocycles. The van der Waals surface area contributed by atoms with E-state index in [0.717, 1.165) is 28.7 Å². The molecule has 0 aliphatic carbocycles. The van der Waals surface area contributed by atoms with E-state index in [-0.39, 0.29) is 0 Å². The number of fused-ring (bicyclic) bond motifs is 1. The first-order valence-corrected chi connectivity index (χ1v) is 5.08. The molecule has 0 amide bonds. The number of rotatable bonds is 3. The van der Waals surface area contributed by atoms with Crippen LogP contribution in [0.15, 0.2) is 22.6 Å². The largest absolute Gasteiger partial charge is 0.496 e. The average Bonchev–Trinajstić information content (AvgIpc) is 2.57. The molecule has 0 fully saturated rings. The SMILES string of the molecule is COc1cc(CCN)cc2oc(Cl)cc12. The molecular weight excluding hydrogens is 214 g/mol. The standard InChI is InChI=1S/C11H12ClNO2/c1-14-9-4-7(2-3-13)5-10-8(9)6-11(12)15-10/h4-6H,2-3,13H2,1H3.